The fourth-order valence-corrected chi connectivity index (χ4v) is 4.43. The molecule has 0 spiro atoms. The first-order valence-electron chi connectivity index (χ1n) is 10.1. The zero-order chi connectivity index (χ0) is 21.8. The van der Waals surface area contributed by atoms with Crippen LogP contribution in [0, 0.1) is 0 Å². The number of hydrogen-bond acceptors (Lipinski definition) is 6. The second kappa shape index (κ2) is 9.82. The first-order chi connectivity index (χ1) is 15.1. The van der Waals surface area contributed by atoms with Crippen LogP contribution in [-0.4, -0.2) is 42.7 Å². The Balaban J connectivity index is 1.50. The number of aromatic nitrogens is 4. The molecular weight excluding hydrogens is 436 g/mol. The standard InChI is InChI=1S/C22H23ClN4O3S/c1-2-11-26-20(29)17-8-4-6-10-19(17)27-21(26)24-25-22(27)31-14-16(28)13-30-12-15-7-3-5-9-18(15)23/h3-10,16,28H,2,11-14H2,1H3. The first-order valence-corrected chi connectivity index (χ1v) is 11.4. The van der Waals surface area contributed by atoms with Crippen LogP contribution in [0.5, 0.6) is 0 Å². The van der Waals surface area contributed by atoms with Crippen molar-refractivity contribution in [2.24, 2.45) is 0 Å². The average Bonchev–Trinajstić information content (AvgIpc) is 3.20. The normalized spacial score (nSPS) is 12.6. The van der Waals surface area contributed by atoms with Gasteiger partial charge in [0, 0.05) is 17.3 Å². The number of rotatable bonds is 9. The van der Waals surface area contributed by atoms with Crippen LogP contribution in [0.3, 0.4) is 0 Å². The van der Waals surface area contributed by atoms with Gasteiger partial charge in [-0.15, -0.1) is 10.2 Å². The number of ether oxygens (including phenoxy) is 1. The summed E-state index contributed by atoms with van der Waals surface area (Å²) < 4.78 is 9.16. The Morgan fingerprint density at radius 1 is 1.16 bits per heavy atom. The van der Waals surface area contributed by atoms with Crippen molar-refractivity contribution in [1.82, 2.24) is 19.2 Å². The molecule has 0 fully saturated rings. The van der Waals surface area contributed by atoms with Crippen molar-refractivity contribution in [3.05, 3.63) is 69.5 Å². The van der Waals surface area contributed by atoms with Crippen molar-refractivity contribution in [3.8, 4) is 0 Å². The minimum absolute atomic E-state index is 0.0677. The van der Waals surface area contributed by atoms with Crippen LogP contribution in [0.15, 0.2) is 58.5 Å². The third kappa shape index (κ3) is 4.62. The van der Waals surface area contributed by atoms with Gasteiger partial charge in [0.25, 0.3) is 5.56 Å². The molecule has 31 heavy (non-hydrogen) atoms. The van der Waals surface area contributed by atoms with Crippen LogP contribution >= 0.6 is 23.4 Å². The maximum Gasteiger partial charge on any atom is 0.262 e. The van der Waals surface area contributed by atoms with Crippen molar-refractivity contribution in [1.29, 1.82) is 0 Å². The Bertz CT molecular complexity index is 1260. The van der Waals surface area contributed by atoms with Crippen molar-refractivity contribution < 1.29 is 9.84 Å². The highest BCUT2D eigenvalue weighted by Gasteiger charge is 2.17. The smallest absolute Gasteiger partial charge is 0.262 e. The number of benzene rings is 2. The van der Waals surface area contributed by atoms with E-state index in [1.165, 1.54) is 11.8 Å². The van der Waals surface area contributed by atoms with Crippen LogP contribution in [0.2, 0.25) is 5.02 Å². The SMILES string of the molecule is CCCn1c(=O)c2ccccc2n2c(SCC(O)COCc3ccccc3Cl)nnc12. The Hall–Kier alpha value is -2.39. The third-order valence-corrected chi connectivity index (χ3v) is 6.30. The van der Waals surface area contributed by atoms with E-state index in [0.29, 0.717) is 40.2 Å². The molecule has 162 valence electrons. The predicted molar refractivity (Wildman–Crippen MR) is 123 cm³/mol. The molecule has 2 aromatic carbocycles. The van der Waals surface area contributed by atoms with Gasteiger partial charge in [0.05, 0.1) is 30.2 Å². The lowest BCUT2D eigenvalue weighted by molar-refractivity contribution is 0.0398. The number of hydrogen-bond donors (Lipinski definition) is 1. The summed E-state index contributed by atoms with van der Waals surface area (Å²) in [7, 11) is 0. The number of aliphatic hydroxyl groups excluding tert-OH is 1. The van der Waals surface area contributed by atoms with E-state index in [-0.39, 0.29) is 12.2 Å². The summed E-state index contributed by atoms with van der Waals surface area (Å²) in [4.78, 5) is 12.9. The highest BCUT2D eigenvalue weighted by atomic mass is 35.5. The van der Waals surface area contributed by atoms with Crippen molar-refractivity contribution in [3.63, 3.8) is 0 Å². The summed E-state index contributed by atoms with van der Waals surface area (Å²) in [6, 6.07) is 14.9. The molecule has 0 radical (unpaired) electrons. The maximum atomic E-state index is 12.9. The molecular formula is C22H23ClN4O3S. The largest absolute Gasteiger partial charge is 0.390 e. The van der Waals surface area contributed by atoms with Crippen molar-refractivity contribution in [2.45, 2.75) is 37.8 Å². The minimum atomic E-state index is -0.687. The van der Waals surface area contributed by atoms with E-state index in [1.54, 1.807) is 4.57 Å². The molecule has 1 unspecified atom stereocenters. The monoisotopic (exact) mass is 458 g/mol. The average molecular weight is 459 g/mol. The van der Waals surface area contributed by atoms with Gasteiger partial charge in [-0.25, -0.2) is 0 Å². The molecule has 0 aliphatic heterocycles. The van der Waals surface area contributed by atoms with Crippen LogP contribution in [0.1, 0.15) is 18.9 Å². The van der Waals surface area contributed by atoms with E-state index < -0.39 is 6.10 Å². The molecule has 4 rings (SSSR count). The summed E-state index contributed by atoms with van der Waals surface area (Å²) in [5.41, 5.74) is 1.57. The molecule has 1 N–H and O–H groups in total. The number of aliphatic hydroxyl groups is 1. The maximum absolute atomic E-state index is 12.9. The number of halogens is 1. The van der Waals surface area contributed by atoms with Gasteiger partial charge in [-0.2, -0.15) is 0 Å². The topological polar surface area (TPSA) is 81.7 Å². The molecule has 4 aromatic rings. The Morgan fingerprint density at radius 3 is 2.74 bits per heavy atom. The molecule has 9 heteroatoms. The van der Waals surface area contributed by atoms with E-state index in [1.807, 2.05) is 59.9 Å². The molecule has 0 saturated carbocycles. The van der Waals surface area contributed by atoms with Gasteiger partial charge in [0.1, 0.15) is 0 Å². The van der Waals surface area contributed by atoms with E-state index >= 15 is 0 Å². The van der Waals surface area contributed by atoms with Gasteiger partial charge >= 0.3 is 0 Å². The Kier molecular flexibility index (Phi) is 6.92. The molecule has 0 aliphatic rings. The number of aryl methyl sites for hydroxylation is 1. The van der Waals surface area contributed by atoms with Gasteiger partial charge in [-0.05, 0) is 30.2 Å². The zero-order valence-electron chi connectivity index (χ0n) is 17.1. The highest BCUT2D eigenvalue weighted by molar-refractivity contribution is 7.99. The summed E-state index contributed by atoms with van der Waals surface area (Å²) in [5.74, 6) is 0.891. The van der Waals surface area contributed by atoms with Crippen LogP contribution in [0.4, 0.5) is 0 Å². The van der Waals surface area contributed by atoms with Gasteiger partial charge in [0.15, 0.2) is 5.16 Å². The number of nitrogens with zero attached hydrogens (tertiary/aromatic N) is 4. The van der Waals surface area contributed by atoms with E-state index in [9.17, 15) is 9.90 Å². The number of thioether (sulfide) groups is 1. The first kappa shape index (κ1) is 21.8. The summed E-state index contributed by atoms with van der Waals surface area (Å²) >= 11 is 7.51. The molecule has 2 heterocycles. The molecule has 1 atom stereocenters. The highest BCUT2D eigenvalue weighted by Crippen LogP contribution is 2.22. The van der Waals surface area contributed by atoms with Crippen molar-refractivity contribution >= 4 is 40.0 Å². The van der Waals surface area contributed by atoms with E-state index in [0.717, 1.165) is 17.5 Å². The molecule has 2 aromatic heterocycles. The lowest BCUT2D eigenvalue weighted by Crippen LogP contribution is -2.23. The van der Waals surface area contributed by atoms with Gasteiger partial charge in [-0.3, -0.25) is 13.8 Å². The second-order valence-corrected chi connectivity index (χ2v) is 8.56. The third-order valence-electron chi connectivity index (χ3n) is 4.86. The molecule has 7 nitrogen and oxygen atoms in total. The minimum Gasteiger partial charge on any atom is -0.390 e. The lowest BCUT2D eigenvalue weighted by Gasteiger charge is -2.12. The predicted octanol–water partition coefficient (Wildman–Crippen LogP) is 3.78. The van der Waals surface area contributed by atoms with Crippen LogP contribution in [0.25, 0.3) is 16.7 Å². The molecule has 0 amide bonds. The van der Waals surface area contributed by atoms with Gasteiger partial charge in [0.2, 0.25) is 5.78 Å². The lowest BCUT2D eigenvalue weighted by atomic mass is 10.2. The van der Waals surface area contributed by atoms with Crippen LogP contribution < -0.4 is 5.56 Å². The number of para-hydroxylation sites is 1. The Morgan fingerprint density at radius 2 is 1.94 bits per heavy atom. The second-order valence-electron chi connectivity index (χ2n) is 7.16. The molecule has 0 bridgehead atoms. The van der Waals surface area contributed by atoms with Crippen LogP contribution in [-0.2, 0) is 17.9 Å². The summed E-state index contributed by atoms with van der Waals surface area (Å²) in [6.07, 6.45) is 0.123. The van der Waals surface area contributed by atoms with E-state index in [4.69, 9.17) is 16.3 Å². The molecule has 0 saturated heterocycles. The fraction of sp³-hybridized carbons (Fsp3) is 0.318. The zero-order valence-corrected chi connectivity index (χ0v) is 18.6. The molecule has 0 aliphatic carbocycles. The fourth-order valence-electron chi connectivity index (χ4n) is 3.39. The Labute approximate surface area is 188 Å². The summed E-state index contributed by atoms with van der Waals surface area (Å²) in [6.45, 7) is 3.09. The summed E-state index contributed by atoms with van der Waals surface area (Å²) in [5, 5.41) is 20.8. The number of fused-ring (bicyclic) bond motifs is 3. The van der Waals surface area contributed by atoms with E-state index in [2.05, 4.69) is 10.2 Å². The van der Waals surface area contributed by atoms with Gasteiger partial charge < -0.3 is 9.84 Å². The quantitative estimate of drug-likeness (QED) is 0.384. The van der Waals surface area contributed by atoms with Gasteiger partial charge in [-0.1, -0.05) is 60.6 Å². The van der Waals surface area contributed by atoms with Crippen molar-refractivity contribution in [2.75, 3.05) is 12.4 Å².